The van der Waals surface area contributed by atoms with Crippen molar-refractivity contribution in [2.24, 2.45) is 0 Å². The molecule has 104 valence electrons. The first-order valence-electron chi connectivity index (χ1n) is 6.65. The molecular weight excluding hydrogens is 256 g/mol. The van der Waals surface area contributed by atoms with E-state index >= 15 is 0 Å². The van der Waals surface area contributed by atoms with Crippen LogP contribution in [0.15, 0.2) is 35.1 Å². The van der Waals surface area contributed by atoms with Crippen molar-refractivity contribution in [2.75, 3.05) is 11.9 Å². The fraction of sp³-hybridized carbons (Fsp3) is 0.286. The lowest BCUT2D eigenvalue weighted by molar-refractivity contribution is -0.117. The van der Waals surface area contributed by atoms with E-state index in [-0.39, 0.29) is 17.5 Å². The normalized spacial score (nSPS) is 18.1. The van der Waals surface area contributed by atoms with E-state index in [4.69, 9.17) is 0 Å². The van der Waals surface area contributed by atoms with Gasteiger partial charge in [-0.1, -0.05) is 12.1 Å². The van der Waals surface area contributed by atoms with Crippen LogP contribution in [0.2, 0.25) is 0 Å². The van der Waals surface area contributed by atoms with Gasteiger partial charge >= 0.3 is 0 Å². The molecule has 3 rings (SSSR count). The van der Waals surface area contributed by atoms with E-state index in [0.717, 1.165) is 36.3 Å². The Morgan fingerprint density at radius 3 is 2.60 bits per heavy atom. The van der Waals surface area contributed by atoms with E-state index in [9.17, 15) is 9.59 Å². The molecule has 2 aromatic rings. The molecule has 6 nitrogen and oxygen atoms in total. The molecule has 2 heterocycles. The molecule has 4 N–H and O–H groups in total. The third kappa shape index (κ3) is 2.65. The van der Waals surface area contributed by atoms with Crippen LogP contribution in [0.4, 0.5) is 5.69 Å². The van der Waals surface area contributed by atoms with Crippen LogP contribution in [0, 0.1) is 0 Å². The molecule has 1 unspecified atom stereocenters. The molecule has 20 heavy (non-hydrogen) atoms. The predicted molar refractivity (Wildman–Crippen MR) is 76.5 cm³/mol. The Morgan fingerprint density at radius 2 is 2.00 bits per heavy atom. The zero-order valence-electron chi connectivity index (χ0n) is 10.9. The molecule has 1 aliphatic rings. The van der Waals surface area contributed by atoms with Gasteiger partial charge in [0.1, 0.15) is 0 Å². The molecule has 1 atom stereocenters. The fourth-order valence-corrected chi connectivity index (χ4v) is 2.36. The maximum absolute atomic E-state index is 11.9. The van der Waals surface area contributed by atoms with E-state index in [2.05, 4.69) is 20.8 Å². The predicted octanol–water partition coefficient (Wildman–Crippen LogP) is 1.06. The van der Waals surface area contributed by atoms with Crippen molar-refractivity contribution < 1.29 is 4.79 Å². The van der Waals surface area contributed by atoms with E-state index in [1.54, 1.807) is 0 Å². The number of H-pyrrole nitrogens is 2. The van der Waals surface area contributed by atoms with Crippen molar-refractivity contribution in [3.05, 3.63) is 40.7 Å². The number of benzene rings is 1. The first-order valence-corrected chi connectivity index (χ1v) is 6.65. The van der Waals surface area contributed by atoms with Gasteiger partial charge in [0.05, 0.1) is 11.7 Å². The van der Waals surface area contributed by atoms with E-state index < -0.39 is 0 Å². The van der Waals surface area contributed by atoms with Gasteiger partial charge in [-0.05, 0) is 37.1 Å². The number of amides is 1. The Balaban J connectivity index is 1.69. The molecule has 6 heteroatoms. The molecule has 0 spiro atoms. The van der Waals surface area contributed by atoms with Crippen LogP contribution in [0.1, 0.15) is 12.8 Å². The number of anilines is 1. The average Bonchev–Trinajstić information content (AvgIpc) is 3.10. The highest BCUT2D eigenvalue weighted by Crippen LogP contribution is 2.18. The number of carbonyl (C=O) groups is 1. The number of aromatic amines is 2. The highest BCUT2D eigenvalue weighted by atomic mass is 16.2. The first kappa shape index (κ1) is 12.7. The molecule has 1 aliphatic heterocycles. The average molecular weight is 272 g/mol. The smallest absolute Gasteiger partial charge is 0.264 e. The van der Waals surface area contributed by atoms with Crippen molar-refractivity contribution in [3.63, 3.8) is 0 Å². The van der Waals surface area contributed by atoms with E-state index in [1.807, 2.05) is 24.3 Å². The quantitative estimate of drug-likeness (QED) is 0.673. The summed E-state index contributed by atoms with van der Waals surface area (Å²) in [7, 11) is 0. The SMILES string of the molecule is O=C(Nc1ccc(-c2cc(=O)[nH][nH]2)cc1)C1CCCN1. The molecule has 1 saturated heterocycles. The third-order valence-corrected chi connectivity index (χ3v) is 3.44. The minimum atomic E-state index is -0.162. The monoisotopic (exact) mass is 272 g/mol. The van der Waals surface area contributed by atoms with Crippen molar-refractivity contribution in [1.82, 2.24) is 15.5 Å². The molecule has 0 bridgehead atoms. The summed E-state index contributed by atoms with van der Waals surface area (Å²) in [6.07, 6.45) is 1.92. The summed E-state index contributed by atoms with van der Waals surface area (Å²) in [5.41, 5.74) is 2.21. The number of rotatable bonds is 3. The van der Waals surface area contributed by atoms with Gasteiger partial charge in [-0.2, -0.15) is 0 Å². The van der Waals surface area contributed by atoms with Crippen LogP contribution in [-0.4, -0.2) is 28.7 Å². The van der Waals surface area contributed by atoms with Gasteiger partial charge in [-0.15, -0.1) is 0 Å². The molecule has 1 fully saturated rings. The number of hydrogen-bond donors (Lipinski definition) is 4. The minimum absolute atomic E-state index is 0.00491. The Morgan fingerprint density at radius 1 is 1.20 bits per heavy atom. The maximum atomic E-state index is 11.9. The lowest BCUT2D eigenvalue weighted by Gasteiger charge is -2.11. The molecule has 0 saturated carbocycles. The second-order valence-electron chi connectivity index (χ2n) is 4.89. The van der Waals surface area contributed by atoms with Crippen molar-refractivity contribution in [3.8, 4) is 11.3 Å². The van der Waals surface area contributed by atoms with Gasteiger partial charge in [0.2, 0.25) is 5.91 Å². The largest absolute Gasteiger partial charge is 0.325 e. The number of aromatic nitrogens is 2. The van der Waals surface area contributed by atoms with Gasteiger partial charge in [0.15, 0.2) is 0 Å². The maximum Gasteiger partial charge on any atom is 0.264 e. The molecule has 1 aromatic heterocycles. The summed E-state index contributed by atoms with van der Waals surface area (Å²) in [5.74, 6) is 0.00491. The van der Waals surface area contributed by atoms with Crippen LogP contribution in [0.3, 0.4) is 0 Å². The van der Waals surface area contributed by atoms with Gasteiger partial charge in [0.25, 0.3) is 5.56 Å². The first-order chi connectivity index (χ1) is 9.72. The standard InChI is InChI=1S/C14H16N4O2/c19-13-8-12(17-18-13)9-3-5-10(6-4-9)16-14(20)11-2-1-7-15-11/h3-6,8,11,15H,1-2,7H2,(H,16,20)(H2,17,18,19). The molecule has 1 aromatic carbocycles. The number of hydrogen-bond acceptors (Lipinski definition) is 3. The third-order valence-electron chi connectivity index (χ3n) is 3.44. The van der Waals surface area contributed by atoms with E-state index in [1.165, 1.54) is 6.07 Å². The van der Waals surface area contributed by atoms with E-state index in [0.29, 0.717) is 0 Å². The van der Waals surface area contributed by atoms with Gasteiger partial charge in [0, 0.05) is 11.8 Å². The fourth-order valence-electron chi connectivity index (χ4n) is 2.36. The lowest BCUT2D eigenvalue weighted by Crippen LogP contribution is -2.35. The van der Waals surface area contributed by atoms with Gasteiger partial charge < -0.3 is 10.6 Å². The second-order valence-corrected chi connectivity index (χ2v) is 4.89. The van der Waals surface area contributed by atoms with Crippen LogP contribution >= 0.6 is 0 Å². The topological polar surface area (TPSA) is 89.8 Å². The summed E-state index contributed by atoms with van der Waals surface area (Å²) in [6.45, 7) is 0.901. The Kier molecular flexibility index (Phi) is 3.39. The summed E-state index contributed by atoms with van der Waals surface area (Å²) >= 11 is 0. The Bertz CT molecular complexity index is 650. The Hall–Kier alpha value is -2.34. The van der Waals surface area contributed by atoms with Gasteiger partial charge in [-0.25, -0.2) is 0 Å². The Labute approximate surface area is 115 Å². The summed E-state index contributed by atoms with van der Waals surface area (Å²) in [4.78, 5) is 23.0. The van der Waals surface area contributed by atoms with Gasteiger partial charge in [-0.3, -0.25) is 19.8 Å². The molecule has 0 aliphatic carbocycles. The zero-order chi connectivity index (χ0) is 13.9. The highest BCUT2D eigenvalue weighted by molar-refractivity contribution is 5.95. The summed E-state index contributed by atoms with van der Waals surface area (Å²) < 4.78 is 0. The number of nitrogens with one attached hydrogen (secondary N) is 4. The molecular formula is C14H16N4O2. The lowest BCUT2D eigenvalue weighted by atomic mass is 10.1. The van der Waals surface area contributed by atoms with Crippen molar-refractivity contribution >= 4 is 11.6 Å². The highest BCUT2D eigenvalue weighted by Gasteiger charge is 2.21. The number of carbonyl (C=O) groups excluding carboxylic acids is 1. The van der Waals surface area contributed by atoms with Crippen molar-refractivity contribution in [1.29, 1.82) is 0 Å². The van der Waals surface area contributed by atoms with Crippen LogP contribution in [-0.2, 0) is 4.79 Å². The second kappa shape index (κ2) is 5.34. The zero-order valence-corrected chi connectivity index (χ0v) is 10.9. The van der Waals surface area contributed by atoms with Crippen LogP contribution in [0.5, 0.6) is 0 Å². The molecule has 0 radical (unpaired) electrons. The van der Waals surface area contributed by atoms with Crippen LogP contribution < -0.4 is 16.2 Å². The minimum Gasteiger partial charge on any atom is -0.325 e. The van der Waals surface area contributed by atoms with Crippen LogP contribution in [0.25, 0.3) is 11.3 Å². The molecule has 1 amide bonds. The van der Waals surface area contributed by atoms with Crippen molar-refractivity contribution in [2.45, 2.75) is 18.9 Å². The summed E-state index contributed by atoms with van der Waals surface area (Å²) in [5, 5.41) is 11.3. The summed E-state index contributed by atoms with van der Waals surface area (Å²) in [6, 6.07) is 8.78.